The van der Waals surface area contributed by atoms with Crippen molar-refractivity contribution >= 4 is 16.0 Å². The van der Waals surface area contributed by atoms with Crippen molar-refractivity contribution in [3.05, 3.63) is 35.9 Å². The molecule has 2 atom stereocenters. The molecule has 0 aromatic heterocycles. The molecule has 0 saturated carbocycles. The van der Waals surface area contributed by atoms with E-state index in [0.717, 1.165) is 19.3 Å². The molecule has 134 valence electrons. The summed E-state index contributed by atoms with van der Waals surface area (Å²) in [5.74, 6) is -1.12. The van der Waals surface area contributed by atoms with E-state index in [4.69, 9.17) is 0 Å². The first-order valence-corrected chi connectivity index (χ1v) is 10.3. The van der Waals surface area contributed by atoms with Gasteiger partial charge >= 0.3 is 16.0 Å². The standard InChI is InChI=1S/C18H27NO4S/c1-3-4-13-19(14-9-8-12-18(19,2)17(20)21)24(22,23)15-16-10-6-5-7-11-16/h5-7,10-11H,3-4,8-9,12-15H2,1-2H3/p+1. The number of carbonyl (C=O) groups is 1. The van der Waals surface area contributed by atoms with E-state index in [1.807, 2.05) is 25.1 Å². The van der Waals surface area contributed by atoms with Gasteiger partial charge in [0.25, 0.3) is 0 Å². The number of carboxylic acids is 1. The lowest BCUT2D eigenvalue weighted by molar-refractivity contribution is -0.856. The molecule has 6 heteroatoms. The molecule has 0 aliphatic carbocycles. The second-order valence-corrected chi connectivity index (χ2v) is 9.09. The average Bonchev–Trinajstić information content (AvgIpc) is 2.54. The Morgan fingerprint density at radius 3 is 2.50 bits per heavy atom. The smallest absolute Gasteiger partial charge is 0.366 e. The summed E-state index contributed by atoms with van der Waals surface area (Å²) in [6.45, 7) is 4.38. The number of aliphatic carboxylic acids is 1. The van der Waals surface area contributed by atoms with Crippen LogP contribution in [0, 0.1) is 0 Å². The molecule has 0 radical (unpaired) electrons. The zero-order valence-electron chi connectivity index (χ0n) is 14.6. The van der Waals surface area contributed by atoms with Gasteiger partial charge in [0.1, 0.15) is 5.75 Å². The number of sulfonamides is 1. The Morgan fingerprint density at radius 2 is 1.92 bits per heavy atom. The van der Waals surface area contributed by atoms with Crippen LogP contribution < -0.4 is 0 Å². The third kappa shape index (κ3) is 3.22. The summed E-state index contributed by atoms with van der Waals surface area (Å²) in [6, 6.07) is 9.05. The fourth-order valence-electron chi connectivity index (χ4n) is 3.83. The third-order valence-corrected chi connectivity index (χ3v) is 7.92. The van der Waals surface area contributed by atoms with Gasteiger partial charge in [0.05, 0.1) is 13.1 Å². The minimum absolute atomic E-state index is 0.111. The van der Waals surface area contributed by atoms with Crippen LogP contribution in [-0.4, -0.2) is 42.0 Å². The van der Waals surface area contributed by atoms with Gasteiger partial charge in [0, 0.05) is 13.3 Å². The molecule has 1 heterocycles. The van der Waals surface area contributed by atoms with Gasteiger partial charge < -0.3 is 5.11 Å². The van der Waals surface area contributed by atoms with Gasteiger partial charge in [0.15, 0.2) is 0 Å². The second kappa shape index (κ2) is 7.23. The van der Waals surface area contributed by atoms with E-state index in [9.17, 15) is 18.3 Å². The first kappa shape index (κ1) is 18.9. The summed E-state index contributed by atoms with van der Waals surface area (Å²) in [4.78, 5) is 12.1. The van der Waals surface area contributed by atoms with Crippen LogP contribution in [-0.2, 0) is 20.6 Å². The summed E-state index contributed by atoms with van der Waals surface area (Å²) < 4.78 is 26.5. The number of piperidine rings is 1. The first-order chi connectivity index (χ1) is 11.3. The lowest BCUT2D eigenvalue weighted by Gasteiger charge is -2.50. The predicted octanol–water partition coefficient (Wildman–Crippen LogP) is 3.16. The fraction of sp³-hybridized carbons (Fsp3) is 0.611. The third-order valence-electron chi connectivity index (χ3n) is 5.39. The molecule has 2 rings (SSSR count). The van der Waals surface area contributed by atoms with E-state index in [-0.39, 0.29) is 9.64 Å². The van der Waals surface area contributed by atoms with Gasteiger partial charge in [-0.1, -0.05) is 43.7 Å². The number of nitrogens with zero attached hydrogens (tertiary/aromatic N) is 1. The normalized spacial score (nSPS) is 27.8. The van der Waals surface area contributed by atoms with Crippen molar-refractivity contribution in [3.63, 3.8) is 0 Å². The minimum atomic E-state index is -3.67. The molecule has 1 N–H and O–H groups in total. The van der Waals surface area contributed by atoms with Crippen molar-refractivity contribution in [2.75, 3.05) is 13.1 Å². The Balaban J connectivity index is 2.51. The number of carboxylic acid groups (broad SMARTS) is 1. The highest BCUT2D eigenvalue weighted by Gasteiger charge is 2.61. The molecule has 2 unspecified atom stereocenters. The molecular formula is C18H28NO4S+. The van der Waals surface area contributed by atoms with Crippen LogP contribution in [0.4, 0.5) is 0 Å². The van der Waals surface area contributed by atoms with Crippen molar-refractivity contribution in [3.8, 4) is 0 Å². The number of hydrogen-bond donors (Lipinski definition) is 1. The molecule has 1 saturated heterocycles. The van der Waals surface area contributed by atoms with Crippen LogP contribution in [0.2, 0.25) is 0 Å². The van der Waals surface area contributed by atoms with E-state index in [2.05, 4.69) is 0 Å². The van der Waals surface area contributed by atoms with Crippen molar-refractivity contribution in [2.45, 2.75) is 57.2 Å². The fourth-order valence-corrected chi connectivity index (χ4v) is 6.29. The molecule has 1 aromatic rings. The van der Waals surface area contributed by atoms with E-state index < -0.39 is 21.5 Å². The SMILES string of the molecule is CCCC[N+]1(S(=O)(=O)Cc2ccccc2)CCCCC1(C)C(=O)O. The molecule has 1 aliphatic heterocycles. The Hall–Kier alpha value is -1.40. The molecule has 0 amide bonds. The highest BCUT2D eigenvalue weighted by Crippen LogP contribution is 2.41. The summed E-state index contributed by atoms with van der Waals surface area (Å²) in [5.41, 5.74) is -0.564. The quantitative estimate of drug-likeness (QED) is 0.764. The van der Waals surface area contributed by atoms with Crippen molar-refractivity contribution in [2.24, 2.45) is 0 Å². The van der Waals surface area contributed by atoms with Gasteiger partial charge in [-0.05, 0) is 24.8 Å². The van der Waals surface area contributed by atoms with Crippen LogP contribution in [0.1, 0.15) is 51.5 Å². The Kier molecular flexibility index (Phi) is 5.71. The molecule has 1 aliphatic rings. The van der Waals surface area contributed by atoms with Gasteiger partial charge in [0.2, 0.25) is 5.54 Å². The Bertz CT molecular complexity index is 674. The van der Waals surface area contributed by atoms with E-state index >= 15 is 0 Å². The van der Waals surface area contributed by atoms with Crippen LogP contribution in [0.15, 0.2) is 30.3 Å². The number of benzene rings is 1. The van der Waals surface area contributed by atoms with E-state index in [1.54, 1.807) is 19.1 Å². The summed E-state index contributed by atoms with van der Waals surface area (Å²) in [7, 11) is -3.67. The lowest BCUT2D eigenvalue weighted by atomic mass is 9.88. The van der Waals surface area contributed by atoms with Crippen LogP contribution >= 0.6 is 0 Å². The van der Waals surface area contributed by atoms with Crippen LogP contribution in [0.3, 0.4) is 0 Å². The maximum Gasteiger partial charge on any atom is 0.366 e. The highest BCUT2D eigenvalue weighted by atomic mass is 32.2. The maximum absolute atomic E-state index is 13.4. The molecule has 1 aromatic carbocycles. The molecular weight excluding hydrogens is 326 g/mol. The summed E-state index contributed by atoms with van der Waals surface area (Å²) >= 11 is 0. The van der Waals surface area contributed by atoms with Gasteiger partial charge in [-0.3, -0.25) is 0 Å². The van der Waals surface area contributed by atoms with Crippen LogP contribution in [0.25, 0.3) is 0 Å². The van der Waals surface area contributed by atoms with Crippen molar-refractivity contribution in [1.29, 1.82) is 0 Å². The molecule has 5 nitrogen and oxygen atoms in total. The number of rotatable bonds is 7. The number of unbranched alkanes of at least 4 members (excludes halogenated alkanes) is 1. The molecule has 0 bridgehead atoms. The average molecular weight is 354 g/mol. The van der Waals surface area contributed by atoms with Gasteiger partial charge in [-0.2, -0.15) is 8.42 Å². The maximum atomic E-state index is 13.4. The largest absolute Gasteiger partial charge is 0.477 e. The monoisotopic (exact) mass is 354 g/mol. The highest BCUT2D eigenvalue weighted by molar-refractivity contribution is 7.85. The second-order valence-electron chi connectivity index (χ2n) is 6.94. The molecule has 1 fully saturated rings. The number of hydrogen-bond acceptors (Lipinski definition) is 3. The Morgan fingerprint density at radius 1 is 1.25 bits per heavy atom. The zero-order chi connectivity index (χ0) is 17.8. The molecule has 0 spiro atoms. The van der Waals surface area contributed by atoms with Crippen molar-refractivity contribution < 1.29 is 22.2 Å². The molecule has 24 heavy (non-hydrogen) atoms. The predicted molar refractivity (Wildman–Crippen MR) is 93.9 cm³/mol. The lowest BCUT2D eigenvalue weighted by Crippen LogP contribution is -2.71. The van der Waals surface area contributed by atoms with E-state index in [0.29, 0.717) is 31.5 Å². The van der Waals surface area contributed by atoms with Crippen molar-refractivity contribution in [1.82, 2.24) is 0 Å². The van der Waals surface area contributed by atoms with Gasteiger partial charge in [-0.25, -0.2) is 8.68 Å². The van der Waals surface area contributed by atoms with Crippen LogP contribution in [0.5, 0.6) is 0 Å². The Labute approximate surface area is 144 Å². The number of quaternary nitrogens is 1. The van der Waals surface area contributed by atoms with E-state index in [1.165, 1.54) is 0 Å². The van der Waals surface area contributed by atoms with Gasteiger partial charge in [-0.15, -0.1) is 0 Å². The summed E-state index contributed by atoms with van der Waals surface area (Å²) in [6.07, 6.45) is 3.46. The minimum Gasteiger partial charge on any atom is -0.477 e. The summed E-state index contributed by atoms with van der Waals surface area (Å²) in [5, 5.41) is 9.88. The zero-order valence-corrected chi connectivity index (χ0v) is 15.4. The first-order valence-electron chi connectivity index (χ1n) is 8.66. The number of likely N-dealkylation sites (tertiary alicyclic amines) is 1. The topological polar surface area (TPSA) is 71.4 Å².